The van der Waals surface area contributed by atoms with Gasteiger partial charge in [-0.05, 0) is 32.1 Å². The number of esters is 1. The number of halogens is 1. The first-order valence-corrected chi connectivity index (χ1v) is 10.3. The van der Waals surface area contributed by atoms with E-state index in [1.807, 2.05) is 13.8 Å². The lowest BCUT2D eigenvalue weighted by atomic mass is 10.1. The van der Waals surface area contributed by atoms with Crippen molar-refractivity contribution in [1.29, 1.82) is 0 Å². The molecule has 1 aliphatic rings. The summed E-state index contributed by atoms with van der Waals surface area (Å²) >= 11 is 6.38. The van der Waals surface area contributed by atoms with Crippen LogP contribution in [0.5, 0.6) is 5.75 Å². The quantitative estimate of drug-likeness (QED) is 0.331. The fourth-order valence-corrected chi connectivity index (χ4v) is 4.03. The van der Waals surface area contributed by atoms with Crippen molar-refractivity contribution in [1.82, 2.24) is 19.9 Å². The van der Waals surface area contributed by atoms with Crippen molar-refractivity contribution in [2.45, 2.75) is 20.4 Å². The highest BCUT2D eigenvalue weighted by Crippen LogP contribution is 2.41. The number of anilines is 2. The van der Waals surface area contributed by atoms with Crippen LogP contribution in [0, 0.1) is 13.8 Å². The molecule has 0 bridgehead atoms. The molecule has 0 spiro atoms. The molecule has 4 heterocycles. The van der Waals surface area contributed by atoms with Gasteiger partial charge in [0.25, 0.3) is 5.91 Å². The van der Waals surface area contributed by atoms with Crippen LogP contribution < -0.4 is 15.4 Å². The number of carbonyl (C=O) groups is 2. The number of rotatable bonds is 5. The van der Waals surface area contributed by atoms with Crippen LogP contribution in [-0.2, 0) is 16.1 Å². The summed E-state index contributed by atoms with van der Waals surface area (Å²) in [6.45, 7) is 3.89. The summed E-state index contributed by atoms with van der Waals surface area (Å²) in [5.74, 6) is 0.0378. The van der Waals surface area contributed by atoms with Gasteiger partial charge < -0.3 is 20.2 Å². The molecule has 3 N–H and O–H groups in total. The molecule has 0 atom stereocenters. The van der Waals surface area contributed by atoms with E-state index in [2.05, 4.69) is 19.9 Å². The third-order valence-corrected chi connectivity index (χ3v) is 5.61. The largest absolute Gasteiger partial charge is 0.496 e. The number of amides is 1. The van der Waals surface area contributed by atoms with E-state index in [-0.39, 0.29) is 40.6 Å². The molecule has 0 aromatic carbocycles. The van der Waals surface area contributed by atoms with Crippen LogP contribution >= 0.6 is 11.6 Å². The number of aromatic nitrogens is 4. The second kappa shape index (κ2) is 8.55. The smallest absolute Gasteiger partial charge is 0.354 e. The molecule has 1 amide bonds. The summed E-state index contributed by atoms with van der Waals surface area (Å²) in [5.41, 5.74) is 9.51. The van der Waals surface area contributed by atoms with Crippen molar-refractivity contribution >= 4 is 46.9 Å². The number of aryl methyl sites for hydroxylation is 1. The van der Waals surface area contributed by atoms with Gasteiger partial charge in [0.2, 0.25) is 5.95 Å². The van der Waals surface area contributed by atoms with E-state index in [1.165, 1.54) is 12.0 Å². The van der Waals surface area contributed by atoms with Crippen molar-refractivity contribution in [2.24, 2.45) is 0 Å². The Morgan fingerprint density at radius 3 is 2.73 bits per heavy atom. The lowest BCUT2D eigenvalue weighted by Crippen LogP contribution is -2.27. The summed E-state index contributed by atoms with van der Waals surface area (Å²) in [7, 11) is 2.87. The van der Waals surface area contributed by atoms with Gasteiger partial charge in [-0.3, -0.25) is 14.7 Å². The molecular weight excluding hydrogens is 448 g/mol. The van der Waals surface area contributed by atoms with Gasteiger partial charge in [0.1, 0.15) is 16.6 Å². The summed E-state index contributed by atoms with van der Waals surface area (Å²) in [6.07, 6.45) is 3.27. The van der Waals surface area contributed by atoms with Crippen molar-refractivity contribution in [3.8, 4) is 5.75 Å². The molecule has 4 rings (SSSR count). The van der Waals surface area contributed by atoms with Gasteiger partial charge in [0.05, 0.1) is 37.6 Å². The number of hydrogen-bond acceptors (Lipinski definition) is 8. The van der Waals surface area contributed by atoms with Crippen molar-refractivity contribution in [3.05, 3.63) is 57.3 Å². The third-order valence-electron chi connectivity index (χ3n) is 5.34. The third kappa shape index (κ3) is 3.89. The number of pyridine rings is 1. The summed E-state index contributed by atoms with van der Waals surface area (Å²) < 4.78 is 10.2. The molecule has 1 aliphatic heterocycles. The van der Waals surface area contributed by atoms with Crippen LogP contribution in [0.15, 0.2) is 18.3 Å². The molecule has 11 heteroatoms. The van der Waals surface area contributed by atoms with Gasteiger partial charge in [0.15, 0.2) is 5.82 Å². The van der Waals surface area contributed by atoms with Crippen LogP contribution in [0.2, 0.25) is 5.15 Å². The first-order chi connectivity index (χ1) is 15.7. The lowest BCUT2D eigenvalue weighted by molar-refractivity contribution is -0.113. The average Bonchev–Trinajstić information content (AvgIpc) is 3.34. The maximum absolute atomic E-state index is 13.5. The molecule has 3 aromatic rings. The van der Waals surface area contributed by atoms with Crippen LogP contribution in [0.25, 0.3) is 11.6 Å². The van der Waals surface area contributed by atoms with Gasteiger partial charge in [-0.2, -0.15) is 4.98 Å². The van der Waals surface area contributed by atoms with E-state index in [4.69, 9.17) is 26.8 Å². The molecule has 0 unspecified atom stereocenters. The summed E-state index contributed by atoms with van der Waals surface area (Å²) in [4.78, 5) is 42.4. The van der Waals surface area contributed by atoms with E-state index < -0.39 is 5.97 Å². The first-order valence-electron chi connectivity index (χ1n) is 9.88. The molecule has 3 aromatic heterocycles. The zero-order chi connectivity index (χ0) is 23.9. The van der Waals surface area contributed by atoms with Crippen LogP contribution in [0.1, 0.15) is 38.6 Å². The zero-order valence-corrected chi connectivity index (χ0v) is 19.1. The second-order valence-electron chi connectivity index (χ2n) is 7.39. The predicted molar refractivity (Wildman–Crippen MR) is 123 cm³/mol. The minimum Gasteiger partial charge on any atom is -0.496 e. The maximum atomic E-state index is 13.5. The number of aromatic amines is 1. The number of nitrogens with zero attached hydrogens (tertiary/aromatic N) is 4. The van der Waals surface area contributed by atoms with Crippen LogP contribution in [-0.4, -0.2) is 46.0 Å². The molecule has 0 saturated heterocycles. The maximum Gasteiger partial charge on any atom is 0.354 e. The predicted octanol–water partition coefficient (Wildman–Crippen LogP) is 2.93. The van der Waals surface area contributed by atoms with E-state index >= 15 is 0 Å². The molecule has 170 valence electrons. The van der Waals surface area contributed by atoms with E-state index in [0.29, 0.717) is 22.7 Å². The highest BCUT2D eigenvalue weighted by Gasteiger charge is 2.37. The highest BCUT2D eigenvalue weighted by molar-refractivity contribution is 6.41. The Bertz CT molecular complexity index is 1320. The molecule has 0 aliphatic carbocycles. The SMILES string of the molecule is COC(=O)c1ccc(C=C2C(=O)N(Cc3ncc(C)c(OC)c3C)c3nc(N)nc(Cl)c32)[nH]1. The number of H-pyrrole nitrogens is 1. The first kappa shape index (κ1) is 22.3. The van der Waals surface area contributed by atoms with Gasteiger partial charge >= 0.3 is 5.97 Å². The molecule has 33 heavy (non-hydrogen) atoms. The Labute approximate surface area is 194 Å². The monoisotopic (exact) mass is 468 g/mol. The fourth-order valence-electron chi connectivity index (χ4n) is 3.76. The van der Waals surface area contributed by atoms with Gasteiger partial charge in [0, 0.05) is 23.0 Å². The van der Waals surface area contributed by atoms with E-state index in [1.54, 1.807) is 31.5 Å². The Kier molecular flexibility index (Phi) is 5.77. The van der Waals surface area contributed by atoms with E-state index in [9.17, 15) is 9.59 Å². The minimum absolute atomic E-state index is 0.0468. The zero-order valence-electron chi connectivity index (χ0n) is 18.4. The van der Waals surface area contributed by atoms with Gasteiger partial charge in [-0.1, -0.05) is 11.6 Å². The van der Waals surface area contributed by atoms with Crippen molar-refractivity contribution in [2.75, 3.05) is 24.9 Å². The Morgan fingerprint density at radius 1 is 1.27 bits per heavy atom. The minimum atomic E-state index is -0.525. The lowest BCUT2D eigenvalue weighted by Gasteiger charge is -2.19. The van der Waals surface area contributed by atoms with Gasteiger partial charge in [-0.15, -0.1) is 0 Å². The summed E-state index contributed by atoms with van der Waals surface area (Å²) in [5, 5.41) is 0.0468. The number of fused-ring (bicyclic) bond motifs is 1. The van der Waals surface area contributed by atoms with E-state index in [0.717, 1.165) is 11.1 Å². The number of methoxy groups -OCH3 is 2. The average molecular weight is 469 g/mol. The van der Waals surface area contributed by atoms with Crippen LogP contribution in [0.3, 0.4) is 0 Å². The number of nitrogen functional groups attached to an aromatic ring is 1. The fraction of sp³-hybridized carbons (Fsp3) is 0.227. The Hall–Kier alpha value is -3.92. The second-order valence-corrected chi connectivity index (χ2v) is 7.74. The number of hydrogen-bond donors (Lipinski definition) is 2. The standard InChI is InChI=1S/C22H21ClN6O4/c1-10-8-25-15(11(2)17(10)32-3)9-29-19-16(18(23)27-22(24)28-19)13(20(29)30)7-12-5-6-14(26-12)21(31)33-4/h5-8,26H,9H2,1-4H3,(H2,24,27,28). The topological polar surface area (TPSA) is 136 Å². The molecule has 0 radical (unpaired) electrons. The highest BCUT2D eigenvalue weighted by atomic mass is 35.5. The number of carbonyl (C=O) groups excluding carboxylic acids is 2. The van der Waals surface area contributed by atoms with Crippen molar-refractivity contribution < 1.29 is 19.1 Å². The summed E-state index contributed by atoms with van der Waals surface area (Å²) in [6, 6.07) is 3.21. The van der Waals surface area contributed by atoms with Gasteiger partial charge in [-0.25, -0.2) is 9.78 Å². The number of nitrogens with one attached hydrogen (secondary N) is 1. The van der Waals surface area contributed by atoms with Crippen LogP contribution in [0.4, 0.5) is 11.8 Å². The Balaban J connectivity index is 1.80. The van der Waals surface area contributed by atoms with Crippen molar-refractivity contribution in [3.63, 3.8) is 0 Å². The number of ether oxygens (including phenoxy) is 2. The Morgan fingerprint density at radius 2 is 2.03 bits per heavy atom. The molecule has 0 saturated carbocycles. The molecule has 0 fully saturated rings. The molecule has 10 nitrogen and oxygen atoms in total. The molecular formula is C22H21ClN6O4. The normalized spacial score (nSPS) is 14.0. The number of nitrogens with two attached hydrogens (primary N) is 1.